The molecule has 1 N–H and O–H groups in total. The van der Waals surface area contributed by atoms with Crippen molar-refractivity contribution in [2.75, 3.05) is 5.32 Å². The van der Waals surface area contributed by atoms with Gasteiger partial charge >= 0.3 is 7.12 Å². The van der Waals surface area contributed by atoms with Gasteiger partial charge in [-0.25, -0.2) is 0 Å². The first-order valence-electron chi connectivity index (χ1n) is 8.78. The normalized spacial score (nSPS) is 18.2. The number of aryl methyl sites for hydroxylation is 3. The number of hydrogen-bond acceptors (Lipinski definition) is 4. The van der Waals surface area contributed by atoms with E-state index >= 15 is 0 Å². The monoisotopic (exact) mass is 355 g/mol. The zero-order valence-corrected chi connectivity index (χ0v) is 16.5. The number of amides is 1. The van der Waals surface area contributed by atoms with Crippen LogP contribution in [0.5, 0.6) is 0 Å². The number of nitrogens with one attached hydrogen (secondary N) is 1. The minimum absolute atomic E-state index is 0.172. The van der Waals surface area contributed by atoms with Crippen molar-refractivity contribution in [3.8, 4) is 0 Å². The third kappa shape index (κ3) is 3.17. The van der Waals surface area contributed by atoms with E-state index in [1.807, 2.05) is 59.7 Å². The Morgan fingerprint density at radius 1 is 1.12 bits per heavy atom. The number of anilines is 1. The van der Waals surface area contributed by atoms with E-state index in [4.69, 9.17) is 9.31 Å². The van der Waals surface area contributed by atoms with E-state index in [2.05, 4.69) is 10.4 Å². The predicted molar refractivity (Wildman–Crippen MR) is 103 cm³/mol. The number of carbonyl (C=O) groups excluding carboxylic acids is 1. The molecule has 1 aliphatic heterocycles. The SMILES string of the molecule is Cc1cc(B2OC(C)(C)C(C)(C)O2)ccc1NC(=O)c1c(C)cnn1C. The number of aromatic nitrogens is 2. The van der Waals surface area contributed by atoms with Gasteiger partial charge in [0, 0.05) is 12.7 Å². The summed E-state index contributed by atoms with van der Waals surface area (Å²) in [6.07, 6.45) is 1.68. The fourth-order valence-electron chi connectivity index (χ4n) is 3.01. The summed E-state index contributed by atoms with van der Waals surface area (Å²) in [6, 6.07) is 5.81. The number of rotatable bonds is 3. The van der Waals surface area contributed by atoms with Crippen LogP contribution >= 0.6 is 0 Å². The molecule has 1 aromatic carbocycles. The minimum atomic E-state index is -0.414. The van der Waals surface area contributed by atoms with E-state index in [0.717, 1.165) is 22.3 Å². The largest absolute Gasteiger partial charge is 0.494 e. The molecule has 26 heavy (non-hydrogen) atoms. The molecule has 0 unspecified atom stereocenters. The van der Waals surface area contributed by atoms with E-state index in [0.29, 0.717) is 5.69 Å². The van der Waals surface area contributed by atoms with Crippen LogP contribution in [0.15, 0.2) is 24.4 Å². The van der Waals surface area contributed by atoms with Gasteiger partial charge in [0.1, 0.15) is 5.69 Å². The van der Waals surface area contributed by atoms with Crippen molar-refractivity contribution in [3.63, 3.8) is 0 Å². The second-order valence-corrected chi connectivity index (χ2v) is 7.92. The average Bonchev–Trinajstić information content (AvgIpc) is 2.97. The van der Waals surface area contributed by atoms with Crippen molar-refractivity contribution in [1.29, 1.82) is 0 Å². The molecule has 138 valence electrons. The standard InChI is InChI=1S/C19H26BN3O3/c1-12-10-14(20-25-18(3,4)19(5,6)26-20)8-9-15(12)22-17(24)16-13(2)11-21-23(16)7/h8-11H,1-7H3,(H,22,24). The molecule has 2 heterocycles. The van der Waals surface area contributed by atoms with Gasteiger partial charge in [-0.15, -0.1) is 0 Å². The number of benzene rings is 1. The third-order valence-corrected chi connectivity index (χ3v) is 5.36. The van der Waals surface area contributed by atoms with E-state index < -0.39 is 7.12 Å². The molecule has 2 aromatic rings. The minimum Gasteiger partial charge on any atom is -0.399 e. The Labute approximate surface area is 155 Å². The number of nitrogens with zero attached hydrogens (tertiary/aromatic N) is 2. The summed E-state index contributed by atoms with van der Waals surface area (Å²) in [6.45, 7) is 12.0. The number of carbonyl (C=O) groups is 1. The topological polar surface area (TPSA) is 65.4 Å². The van der Waals surface area contributed by atoms with Crippen molar-refractivity contribution in [2.45, 2.75) is 52.7 Å². The van der Waals surface area contributed by atoms with Gasteiger partial charge in [-0.2, -0.15) is 5.10 Å². The summed E-state index contributed by atoms with van der Waals surface area (Å²) in [5.74, 6) is -0.172. The van der Waals surface area contributed by atoms with Gasteiger partial charge in [-0.3, -0.25) is 9.48 Å². The maximum absolute atomic E-state index is 12.6. The summed E-state index contributed by atoms with van der Waals surface area (Å²) < 4.78 is 13.8. The first-order valence-corrected chi connectivity index (χ1v) is 8.78. The molecule has 3 rings (SSSR count). The van der Waals surface area contributed by atoms with E-state index in [9.17, 15) is 4.79 Å². The average molecular weight is 355 g/mol. The Balaban J connectivity index is 1.80. The highest BCUT2D eigenvalue weighted by atomic mass is 16.7. The van der Waals surface area contributed by atoms with Gasteiger partial charge in [0.15, 0.2) is 0 Å². The van der Waals surface area contributed by atoms with Gasteiger partial charge < -0.3 is 14.6 Å². The van der Waals surface area contributed by atoms with Crippen LogP contribution in [-0.2, 0) is 16.4 Å². The Morgan fingerprint density at radius 2 is 1.73 bits per heavy atom. The van der Waals surface area contributed by atoms with Gasteiger partial charge in [0.25, 0.3) is 5.91 Å². The van der Waals surface area contributed by atoms with Crippen LogP contribution in [0.1, 0.15) is 49.3 Å². The molecular weight excluding hydrogens is 329 g/mol. The van der Waals surface area contributed by atoms with E-state index in [1.54, 1.807) is 17.9 Å². The van der Waals surface area contributed by atoms with Crippen LogP contribution in [-0.4, -0.2) is 34.0 Å². The van der Waals surface area contributed by atoms with Gasteiger partial charge in [-0.1, -0.05) is 12.1 Å². The molecule has 6 nitrogen and oxygen atoms in total. The highest BCUT2D eigenvalue weighted by molar-refractivity contribution is 6.62. The molecule has 1 aromatic heterocycles. The van der Waals surface area contributed by atoms with Gasteiger partial charge in [-0.05, 0) is 64.2 Å². The zero-order chi connectivity index (χ0) is 19.3. The maximum Gasteiger partial charge on any atom is 0.494 e. The Kier molecular flexibility index (Phi) is 4.49. The van der Waals surface area contributed by atoms with Crippen LogP contribution in [0.25, 0.3) is 0 Å². The lowest BCUT2D eigenvalue weighted by Gasteiger charge is -2.32. The van der Waals surface area contributed by atoms with Crippen LogP contribution in [0.2, 0.25) is 0 Å². The van der Waals surface area contributed by atoms with Crippen molar-refractivity contribution >= 4 is 24.2 Å². The molecule has 0 aliphatic carbocycles. The Morgan fingerprint density at radius 3 is 2.23 bits per heavy atom. The van der Waals surface area contributed by atoms with E-state index in [-0.39, 0.29) is 17.1 Å². The molecule has 1 aliphatic rings. The zero-order valence-electron chi connectivity index (χ0n) is 16.5. The van der Waals surface area contributed by atoms with Crippen molar-refractivity contribution in [1.82, 2.24) is 9.78 Å². The lowest BCUT2D eigenvalue weighted by Crippen LogP contribution is -2.41. The summed E-state index contributed by atoms with van der Waals surface area (Å²) in [4.78, 5) is 12.6. The summed E-state index contributed by atoms with van der Waals surface area (Å²) >= 11 is 0. The molecule has 0 bridgehead atoms. The van der Waals surface area contributed by atoms with Crippen LogP contribution in [0.3, 0.4) is 0 Å². The van der Waals surface area contributed by atoms with Crippen molar-refractivity contribution in [3.05, 3.63) is 41.2 Å². The molecule has 1 saturated heterocycles. The first kappa shape index (κ1) is 18.7. The fourth-order valence-corrected chi connectivity index (χ4v) is 3.01. The lowest BCUT2D eigenvalue weighted by molar-refractivity contribution is 0.00578. The summed E-state index contributed by atoms with van der Waals surface area (Å²) in [7, 11) is 1.35. The predicted octanol–water partition coefficient (Wildman–Crippen LogP) is 2.59. The third-order valence-electron chi connectivity index (χ3n) is 5.36. The molecule has 0 radical (unpaired) electrons. The van der Waals surface area contributed by atoms with E-state index in [1.165, 1.54) is 0 Å². The molecule has 7 heteroatoms. The van der Waals surface area contributed by atoms with Crippen LogP contribution < -0.4 is 10.8 Å². The fraction of sp³-hybridized carbons (Fsp3) is 0.474. The summed E-state index contributed by atoms with van der Waals surface area (Å²) in [5.41, 5.74) is 3.29. The van der Waals surface area contributed by atoms with Crippen molar-refractivity contribution < 1.29 is 14.1 Å². The molecule has 1 amide bonds. The second-order valence-electron chi connectivity index (χ2n) is 7.92. The number of hydrogen-bond donors (Lipinski definition) is 1. The molecular formula is C19H26BN3O3. The van der Waals surface area contributed by atoms with Crippen molar-refractivity contribution in [2.24, 2.45) is 7.05 Å². The van der Waals surface area contributed by atoms with Gasteiger partial charge in [0.05, 0.1) is 17.4 Å². The Bertz CT molecular complexity index is 822. The highest BCUT2D eigenvalue weighted by Gasteiger charge is 2.51. The lowest BCUT2D eigenvalue weighted by atomic mass is 9.78. The van der Waals surface area contributed by atoms with Gasteiger partial charge in [0.2, 0.25) is 0 Å². The quantitative estimate of drug-likeness (QED) is 0.860. The molecule has 1 fully saturated rings. The smallest absolute Gasteiger partial charge is 0.399 e. The Hall–Kier alpha value is -2.12. The van der Waals surface area contributed by atoms with Crippen LogP contribution in [0.4, 0.5) is 5.69 Å². The van der Waals surface area contributed by atoms with Crippen LogP contribution in [0, 0.1) is 13.8 Å². The molecule has 0 spiro atoms. The summed E-state index contributed by atoms with van der Waals surface area (Å²) in [5, 5.41) is 7.08. The maximum atomic E-state index is 12.6. The first-order chi connectivity index (χ1) is 12.0. The highest BCUT2D eigenvalue weighted by Crippen LogP contribution is 2.36. The molecule has 0 saturated carbocycles. The second kappa shape index (κ2) is 6.25. The molecule has 0 atom stereocenters.